The predicted octanol–water partition coefficient (Wildman–Crippen LogP) is 2.82. The van der Waals surface area contributed by atoms with Crippen molar-refractivity contribution in [3.8, 4) is 0 Å². The lowest BCUT2D eigenvalue weighted by molar-refractivity contribution is 0.424. The van der Waals surface area contributed by atoms with Crippen LogP contribution in [0.1, 0.15) is 40.2 Å². The summed E-state index contributed by atoms with van der Waals surface area (Å²) in [5, 5.41) is 3.51. The summed E-state index contributed by atoms with van der Waals surface area (Å²) in [5.41, 5.74) is 1.40. The van der Waals surface area contributed by atoms with Gasteiger partial charge in [-0.3, -0.25) is 0 Å². The molecular formula is C14H25N3. The Morgan fingerprint density at radius 1 is 1.24 bits per heavy atom. The first-order valence-electron chi connectivity index (χ1n) is 6.41. The summed E-state index contributed by atoms with van der Waals surface area (Å²) in [6.07, 6.45) is 1.87. The molecule has 17 heavy (non-hydrogen) atoms. The molecule has 3 nitrogen and oxygen atoms in total. The van der Waals surface area contributed by atoms with E-state index >= 15 is 0 Å². The second kappa shape index (κ2) is 6.01. The number of rotatable bonds is 5. The number of pyridine rings is 1. The molecule has 0 spiro atoms. The molecular weight excluding hydrogens is 210 g/mol. The van der Waals surface area contributed by atoms with Crippen LogP contribution in [0.2, 0.25) is 0 Å². The van der Waals surface area contributed by atoms with E-state index in [1.54, 1.807) is 0 Å². The molecule has 3 heteroatoms. The van der Waals surface area contributed by atoms with Gasteiger partial charge in [-0.25, -0.2) is 4.98 Å². The maximum Gasteiger partial charge on any atom is 0.132 e. The highest BCUT2D eigenvalue weighted by atomic mass is 15.2. The standard InChI is InChI=1S/C14H25N3/c1-6-17(7-2)13-12(9-8-10-15-13)11-16-14(3,4)5/h8-10,16H,6-7,11H2,1-5H3. The second-order valence-electron chi connectivity index (χ2n) is 5.26. The van der Waals surface area contributed by atoms with E-state index in [-0.39, 0.29) is 5.54 Å². The van der Waals surface area contributed by atoms with E-state index < -0.39 is 0 Å². The minimum Gasteiger partial charge on any atom is -0.357 e. The molecule has 1 aromatic rings. The fourth-order valence-corrected chi connectivity index (χ4v) is 1.74. The molecule has 0 unspecified atom stereocenters. The topological polar surface area (TPSA) is 28.2 Å². The summed E-state index contributed by atoms with van der Waals surface area (Å²) in [4.78, 5) is 6.80. The zero-order valence-electron chi connectivity index (χ0n) is 11.7. The van der Waals surface area contributed by atoms with Crippen LogP contribution in [0, 0.1) is 0 Å². The largest absolute Gasteiger partial charge is 0.357 e. The number of hydrogen-bond donors (Lipinski definition) is 1. The molecule has 0 fully saturated rings. The number of nitrogens with one attached hydrogen (secondary N) is 1. The number of aromatic nitrogens is 1. The van der Waals surface area contributed by atoms with Gasteiger partial charge in [0.15, 0.2) is 0 Å². The van der Waals surface area contributed by atoms with Gasteiger partial charge >= 0.3 is 0 Å². The highest BCUT2D eigenvalue weighted by Crippen LogP contribution is 2.17. The van der Waals surface area contributed by atoms with E-state index in [0.29, 0.717) is 0 Å². The summed E-state index contributed by atoms with van der Waals surface area (Å²) < 4.78 is 0. The van der Waals surface area contributed by atoms with Gasteiger partial charge in [0, 0.05) is 36.9 Å². The second-order valence-corrected chi connectivity index (χ2v) is 5.26. The lowest BCUT2D eigenvalue weighted by atomic mass is 10.1. The highest BCUT2D eigenvalue weighted by Gasteiger charge is 2.13. The lowest BCUT2D eigenvalue weighted by Crippen LogP contribution is -2.36. The average Bonchev–Trinajstić information content (AvgIpc) is 2.28. The van der Waals surface area contributed by atoms with Crippen LogP contribution in [-0.4, -0.2) is 23.6 Å². The van der Waals surface area contributed by atoms with Gasteiger partial charge in [0.1, 0.15) is 5.82 Å². The van der Waals surface area contributed by atoms with Gasteiger partial charge in [-0.05, 0) is 40.7 Å². The first-order valence-corrected chi connectivity index (χ1v) is 6.41. The van der Waals surface area contributed by atoms with Crippen molar-refractivity contribution in [1.82, 2.24) is 10.3 Å². The van der Waals surface area contributed by atoms with Gasteiger partial charge in [0.2, 0.25) is 0 Å². The van der Waals surface area contributed by atoms with Crippen molar-refractivity contribution in [2.24, 2.45) is 0 Å². The molecule has 0 amide bonds. The molecule has 0 bridgehead atoms. The van der Waals surface area contributed by atoms with Crippen LogP contribution in [0.5, 0.6) is 0 Å². The van der Waals surface area contributed by atoms with Crippen LogP contribution in [0.15, 0.2) is 18.3 Å². The Morgan fingerprint density at radius 3 is 2.41 bits per heavy atom. The van der Waals surface area contributed by atoms with Crippen molar-refractivity contribution >= 4 is 5.82 Å². The Kier molecular flexibility index (Phi) is 4.94. The van der Waals surface area contributed by atoms with Crippen molar-refractivity contribution in [3.05, 3.63) is 23.9 Å². The van der Waals surface area contributed by atoms with Crippen molar-refractivity contribution in [1.29, 1.82) is 0 Å². The summed E-state index contributed by atoms with van der Waals surface area (Å²) in [5.74, 6) is 1.11. The van der Waals surface area contributed by atoms with Gasteiger partial charge in [0.25, 0.3) is 0 Å². The van der Waals surface area contributed by atoms with Crippen molar-refractivity contribution in [2.75, 3.05) is 18.0 Å². The van der Waals surface area contributed by atoms with Crippen LogP contribution >= 0.6 is 0 Å². The Labute approximate surface area is 105 Å². The molecule has 0 aliphatic rings. The lowest BCUT2D eigenvalue weighted by Gasteiger charge is -2.25. The summed E-state index contributed by atoms with van der Waals surface area (Å²) in [6.45, 7) is 13.7. The smallest absolute Gasteiger partial charge is 0.132 e. The zero-order valence-corrected chi connectivity index (χ0v) is 11.7. The Morgan fingerprint density at radius 2 is 1.88 bits per heavy atom. The molecule has 0 aliphatic carbocycles. The Hall–Kier alpha value is -1.09. The predicted molar refractivity (Wildman–Crippen MR) is 74.4 cm³/mol. The van der Waals surface area contributed by atoms with Gasteiger partial charge in [-0.2, -0.15) is 0 Å². The van der Waals surface area contributed by atoms with Crippen LogP contribution in [0.25, 0.3) is 0 Å². The van der Waals surface area contributed by atoms with Crippen LogP contribution in [0.3, 0.4) is 0 Å². The summed E-state index contributed by atoms with van der Waals surface area (Å²) in [7, 11) is 0. The van der Waals surface area contributed by atoms with E-state index in [1.165, 1.54) is 5.56 Å². The van der Waals surface area contributed by atoms with Gasteiger partial charge < -0.3 is 10.2 Å². The van der Waals surface area contributed by atoms with Crippen molar-refractivity contribution < 1.29 is 0 Å². The summed E-state index contributed by atoms with van der Waals surface area (Å²) >= 11 is 0. The van der Waals surface area contributed by atoms with Crippen molar-refractivity contribution in [2.45, 2.75) is 46.7 Å². The molecule has 0 atom stereocenters. The number of hydrogen-bond acceptors (Lipinski definition) is 3. The molecule has 96 valence electrons. The third kappa shape index (κ3) is 4.35. The molecule has 0 radical (unpaired) electrons. The summed E-state index contributed by atoms with van der Waals surface area (Å²) in [6, 6.07) is 4.16. The van der Waals surface area contributed by atoms with E-state index in [2.05, 4.69) is 55.9 Å². The zero-order chi connectivity index (χ0) is 12.9. The first-order chi connectivity index (χ1) is 7.98. The molecule has 1 N–H and O–H groups in total. The SMILES string of the molecule is CCN(CC)c1ncccc1CNC(C)(C)C. The number of anilines is 1. The average molecular weight is 235 g/mol. The molecule has 0 aliphatic heterocycles. The van der Waals surface area contributed by atoms with Crippen LogP contribution in [-0.2, 0) is 6.54 Å². The minimum atomic E-state index is 0.135. The molecule has 1 aromatic heterocycles. The minimum absolute atomic E-state index is 0.135. The fraction of sp³-hybridized carbons (Fsp3) is 0.643. The van der Waals surface area contributed by atoms with Crippen molar-refractivity contribution in [3.63, 3.8) is 0 Å². The quantitative estimate of drug-likeness (QED) is 0.850. The molecule has 1 rings (SSSR count). The number of nitrogens with zero attached hydrogens (tertiary/aromatic N) is 2. The fourth-order valence-electron chi connectivity index (χ4n) is 1.74. The monoisotopic (exact) mass is 235 g/mol. The Bertz CT molecular complexity index is 338. The maximum absolute atomic E-state index is 4.51. The first kappa shape index (κ1) is 14.0. The van der Waals surface area contributed by atoms with Crippen LogP contribution < -0.4 is 10.2 Å². The van der Waals surface area contributed by atoms with E-state index in [1.807, 2.05) is 12.3 Å². The van der Waals surface area contributed by atoms with E-state index in [9.17, 15) is 0 Å². The third-order valence-corrected chi connectivity index (χ3v) is 2.74. The van der Waals surface area contributed by atoms with Gasteiger partial charge in [-0.1, -0.05) is 6.07 Å². The highest BCUT2D eigenvalue weighted by molar-refractivity contribution is 5.46. The maximum atomic E-state index is 4.51. The van der Waals surface area contributed by atoms with Crippen LogP contribution in [0.4, 0.5) is 5.82 Å². The molecule has 0 saturated heterocycles. The molecule has 0 aromatic carbocycles. The molecule has 1 heterocycles. The third-order valence-electron chi connectivity index (χ3n) is 2.74. The van der Waals surface area contributed by atoms with Gasteiger partial charge in [-0.15, -0.1) is 0 Å². The molecule has 0 saturated carbocycles. The van der Waals surface area contributed by atoms with E-state index in [4.69, 9.17) is 0 Å². The van der Waals surface area contributed by atoms with E-state index in [0.717, 1.165) is 25.5 Å². The normalized spacial score (nSPS) is 11.6. The van der Waals surface area contributed by atoms with Gasteiger partial charge in [0.05, 0.1) is 0 Å². The Balaban J connectivity index is 2.84.